The van der Waals surface area contributed by atoms with Gasteiger partial charge in [-0.15, -0.1) is 0 Å². The minimum absolute atomic E-state index is 0.0882. The smallest absolute Gasteiger partial charge is 0.257 e. The molecule has 5 nitrogen and oxygen atoms in total. The Morgan fingerprint density at radius 3 is 2.23 bits per heavy atom. The van der Waals surface area contributed by atoms with Gasteiger partial charge in [-0.3, -0.25) is 10.1 Å². The Kier molecular flexibility index (Phi) is 7.41. The fraction of sp³-hybridized carbons (Fsp3) is 0.300. The standard InChI is InChI=1S/C20H24N2O3S/c1-4-13-24-17-11-7-16(8-12-17)21-20(26)22-19(23)15-5-9-18(10-6-15)25-14(2)3/h5-12,14H,4,13H2,1-3H3,(H2,21,22,23,26). The number of rotatable bonds is 7. The highest BCUT2D eigenvalue weighted by Crippen LogP contribution is 2.16. The monoisotopic (exact) mass is 372 g/mol. The quantitative estimate of drug-likeness (QED) is 0.706. The molecule has 0 saturated heterocycles. The van der Waals surface area contributed by atoms with E-state index < -0.39 is 0 Å². The van der Waals surface area contributed by atoms with E-state index in [1.807, 2.05) is 38.1 Å². The number of thiocarbonyl (C=S) groups is 1. The Labute approximate surface area is 159 Å². The first-order chi connectivity index (χ1) is 12.5. The lowest BCUT2D eigenvalue weighted by molar-refractivity contribution is 0.0977. The number of nitrogens with one attached hydrogen (secondary N) is 2. The Hall–Kier alpha value is -2.60. The van der Waals surface area contributed by atoms with Gasteiger partial charge in [0.2, 0.25) is 0 Å². The highest BCUT2D eigenvalue weighted by atomic mass is 32.1. The molecule has 0 aliphatic carbocycles. The first-order valence-corrected chi connectivity index (χ1v) is 9.00. The normalized spacial score (nSPS) is 10.3. The van der Waals surface area contributed by atoms with Gasteiger partial charge in [0.05, 0.1) is 12.7 Å². The van der Waals surface area contributed by atoms with Crippen molar-refractivity contribution in [1.29, 1.82) is 0 Å². The van der Waals surface area contributed by atoms with Gasteiger partial charge in [0.1, 0.15) is 11.5 Å². The van der Waals surface area contributed by atoms with Crippen molar-refractivity contribution in [2.24, 2.45) is 0 Å². The first-order valence-electron chi connectivity index (χ1n) is 8.60. The van der Waals surface area contributed by atoms with Gasteiger partial charge < -0.3 is 14.8 Å². The molecular weight excluding hydrogens is 348 g/mol. The SMILES string of the molecule is CCCOc1ccc(NC(=S)NC(=O)c2ccc(OC(C)C)cc2)cc1. The van der Waals surface area contributed by atoms with Gasteiger partial charge in [0.15, 0.2) is 5.11 Å². The number of benzene rings is 2. The molecule has 0 unspecified atom stereocenters. The van der Waals surface area contributed by atoms with E-state index >= 15 is 0 Å². The van der Waals surface area contributed by atoms with Gasteiger partial charge in [0.25, 0.3) is 5.91 Å². The summed E-state index contributed by atoms with van der Waals surface area (Å²) in [6.45, 7) is 6.64. The third kappa shape index (κ3) is 6.37. The molecule has 0 heterocycles. The molecule has 0 aromatic heterocycles. The molecule has 0 aliphatic heterocycles. The predicted octanol–water partition coefficient (Wildman–Crippen LogP) is 4.39. The lowest BCUT2D eigenvalue weighted by Gasteiger charge is -2.12. The second-order valence-corrected chi connectivity index (χ2v) is 6.38. The molecule has 2 N–H and O–H groups in total. The molecule has 0 spiro atoms. The second-order valence-electron chi connectivity index (χ2n) is 5.97. The highest BCUT2D eigenvalue weighted by molar-refractivity contribution is 7.80. The third-order valence-electron chi connectivity index (χ3n) is 3.30. The van der Waals surface area contributed by atoms with E-state index in [-0.39, 0.29) is 17.1 Å². The molecule has 138 valence electrons. The summed E-state index contributed by atoms with van der Waals surface area (Å²) in [6.07, 6.45) is 1.05. The Morgan fingerprint density at radius 2 is 1.65 bits per heavy atom. The van der Waals surface area contributed by atoms with Crippen LogP contribution < -0.4 is 20.1 Å². The molecule has 0 saturated carbocycles. The number of ether oxygens (including phenoxy) is 2. The van der Waals surface area contributed by atoms with Gasteiger partial charge in [-0.1, -0.05) is 6.92 Å². The van der Waals surface area contributed by atoms with Crippen molar-refractivity contribution in [3.63, 3.8) is 0 Å². The van der Waals surface area contributed by atoms with Gasteiger partial charge in [-0.2, -0.15) is 0 Å². The van der Waals surface area contributed by atoms with Crippen LogP contribution in [0.3, 0.4) is 0 Å². The molecule has 0 radical (unpaired) electrons. The minimum atomic E-state index is -0.276. The first kappa shape index (κ1) is 19.7. The van der Waals surface area contributed by atoms with Crippen molar-refractivity contribution in [1.82, 2.24) is 5.32 Å². The summed E-state index contributed by atoms with van der Waals surface area (Å²) >= 11 is 5.20. The summed E-state index contributed by atoms with van der Waals surface area (Å²) < 4.78 is 11.1. The zero-order valence-electron chi connectivity index (χ0n) is 15.2. The van der Waals surface area contributed by atoms with Crippen LogP contribution in [0.25, 0.3) is 0 Å². The molecule has 26 heavy (non-hydrogen) atoms. The van der Waals surface area contributed by atoms with E-state index in [9.17, 15) is 4.79 Å². The van der Waals surface area contributed by atoms with Crippen LogP contribution in [0.15, 0.2) is 48.5 Å². The lowest BCUT2D eigenvalue weighted by Crippen LogP contribution is -2.34. The molecule has 6 heteroatoms. The summed E-state index contributed by atoms with van der Waals surface area (Å²) in [4.78, 5) is 12.3. The van der Waals surface area contributed by atoms with Gasteiger partial charge in [-0.25, -0.2) is 0 Å². The number of hydrogen-bond acceptors (Lipinski definition) is 4. The molecule has 2 rings (SSSR count). The van der Waals surface area contributed by atoms with Crippen LogP contribution in [0.2, 0.25) is 0 Å². The van der Waals surface area contributed by atoms with Crippen molar-refractivity contribution in [2.45, 2.75) is 33.3 Å². The minimum Gasteiger partial charge on any atom is -0.494 e. The highest BCUT2D eigenvalue weighted by Gasteiger charge is 2.09. The maximum absolute atomic E-state index is 12.3. The fourth-order valence-electron chi connectivity index (χ4n) is 2.15. The number of amides is 1. The van der Waals surface area contributed by atoms with Crippen LogP contribution in [0.5, 0.6) is 11.5 Å². The number of hydrogen-bond donors (Lipinski definition) is 2. The van der Waals surface area contributed by atoms with Crippen molar-refractivity contribution in [3.05, 3.63) is 54.1 Å². The number of anilines is 1. The molecule has 0 atom stereocenters. The molecule has 1 amide bonds. The van der Waals surface area contributed by atoms with Crippen LogP contribution in [0, 0.1) is 0 Å². The summed E-state index contributed by atoms with van der Waals surface area (Å²) in [5, 5.41) is 5.88. The maximum atomic E-state index is 12.3. The molecule has 2 aromatic carbocycles. The van der Waals surface area contributed by atoms with Crippen LogP contribution in [-0.4, -0.2) is 23.7 Å². The summed E-state index contributed by atoms with van der Waals surface area (Å²) in [5.41, 5.74) is 1.29. The van der Waals surface area contributed by atoms with Crippen molar-refractivity contribution in [3.8, 4) is 11.5 Å². The van der Waals surface area contributed by atoms with Gasteiger partial charge in [0, 0.05) is 11.3 Å². The molecule has 0 bridgehead atoms. The van der Waals surface area contributed by atoms with Crippen molar-refractivity contribution in [2.75, 3.05) is 11.9 Å². The van der Waals surface area contributed by atoms with Crippen molar-refractivity contribution < 1.29 is 14.3 Å². The Bertz CT molecular complexity index is 728. The van der Waals surface area contributed by atoms with Gasteiger partial charge in [-0.05, 0) is 81.0 Å². The summed E-state index contributed by atoms with van der Waals surface area (Å²) in [5.74, 6) is 1.25. The zero-order chi connectivity index (χ0) is 18.9. The average Bonchev–Trinajstić information content (AvgIpc) is 2.61. The summed E-state index contributed by atoms with van der Waals surface area (Å²) in [7, 11) is 0. The molecule has 0 fully saturated rings. The van der Waals surface area contributed by atoms with E-state index in [0.717, 1.165) is 23.6 Å². The largest absolute Gasteiger partial charge is 0.494 e. The van der Waals surface area contributed by atoms with E-state index in [2.05, 4.69) is 17.6 Å². The zero-order valence-corrected chi connectivity index (χ0v) is 16.1. The summed E-state index contributed by atoms with van der Waals surface area (Å²) in [6, 6.07) is 14.3. The Morgan fingerprint density at radius 1 is 1.04 bits per heavy atom. The molecule has 0 aliphatic rings. The van der Waals surface area contributed by atoms with E-state index in [0.29, 0.717) is 12.2 Å². The average molecular weight is 372 g/mol. The predicted molar refractivity (Wildman–Crippen MR) is 108 cm³/mol. The topological polar surface area (TPSA) is 59.6 Å². The van der Waals surface area contributed by atoms with E-state index in [4.69, 9.17) is 21.7 Å². The molecule has 2 aromatic rings. The number of carbonyl (C=O) groups excluding carboxylic acids is 1. The van der Waals surface area contributed by atoms with E-state index in [1.54, 1.807) is 24.3 Å². The van der Waals surface area contributed by atoms with Crippen LogP contribution >= 0.6 is 12.2 Å². The maximum Gasteiger partial charge on any atom is 0.257 e. The number of carbonyl (C=O) groups is 1. The lowest BCUT2D eigenvalue weighted by atomic mass is 10.2. The third-order valence-corrected chi connectivity index (χ3v) is 3.50. The Balaban J connectivity index is 1.87. The van der Waals surface area contributed by atoms with E-state index in [1.165, 1.54) is 0 Å². The van der Waals surface area contributed by atoms with Crippen LogP contribution in [-0.2, 0) is 0 Å². The molecular formula is C20H24N2O3S. The van der Waals surface area contributed by atoms with Crippen LogP contribution in [0.1, 0.15) is 37.6 Å². The fourth-order valence-corrected chi connectivity index (χ4v) is 2.36. The van der Waals surface area contributed by atoms with Crippen LogP contribution in [0.4, 0.5) is 5.69 Å². The second kappa shape index (κ2) is 9.77. The van der Waals surface area contributed by atoms with Crippen molar-refractivity contribution >= 4 is 28.9 Å². The van der Waals surface area contributed by atoms with Gasteiger partial charge >= 0.3 is 0 Å².